The first-order valence-corrected chi connectivity index (χ1v) is 5.61. The van der Waals surface area contributed by atoms with Gasteiger partial charge in [0.05, 0.1) is 17.6 Å². The highest BCUT2D eigenvalue weighted by molar-refractivity contribution is 9.10. The van der Waals surface area contributed by atoms with Crippen molar-refractivity contribution in [2.75, 3.05) is 0 Å². The van der Waals surface area contributed by atoms with Crippen molar-refractivity contribution in [1.29, 1.82) is 5.26 Å². The van der Waals surface area contributed by atoms with Gasteiger partial charge in [-0.05, 0) is 31.5 Å². The monoisotopic (exact) mass is 267 g/mol. The van der Waals surface area contributed by atoms with Crippen LogP contribution in [0.15, 0.2) is 28.7 Å². The third-order valence-electron chi connectivity index (χ3n) is 2.60. The minimum Gasteiger partial charge on any atom is -0.388 e. The SMILES string of the molecule is CC(C#N)C(C)(O)Cc1ccc(Br)cc1. The quantitative estimate of drug-likeness (QED) is 0.916. The van der Waals surface area contributed by atoms with E-state index >= 15 is 0 Å². The van der Waals surface area contributed by atoms with E-state index in [-0.39, 0.29) is 5.92 Å². The Bertz CT molecular complexity index is 364. The standard InChI is InChI=1S/C12H14BrNO/c1-9(8-14)12(2,15)7-10-3-5-11(13)6-4-10/h3-6,9,15H,7H2,1-2H3. The number of nitriles is 1. The summed E-state index contributed by atoms with van der Waals surface area (Å²) < 4.78 is 1.01. The Morgan fingerprint density at radius 3 is 2.47 bits per heavy atom. The normalized spacial score (nSPS) is 16.5. The highest BCUT2D eigenvalue weighted by Crippen LogP contribution is 2.22. The Labute approximate surface area is 98.7 Å². The van der Waals surface area contributed by atoms with Crippen LogP contribution in [0.5, 0.6) is 0 Å². The van der Waals surface area contributed by atoms with Crippen LogP contribution in [-0.4, -0.2) is 10.7 Å². The molecule has 0 aliphatic heterocycles. The number of benzene rings is 1. The highest BCUT2D eigenvalue weighted by atomic mass is 79.9. The molecule has 0 fully saturated rings. The largest absolute Gasteiger partial charge is 0.388 e. The van der Waals surface area contributed by atoms with E-state index in [1.165, 1.54) is 0 Å². The van der Waals surface area contributed by atoms with Gasteiger partial charge in [0.2, 0.25) is 0 Å². The molecule has 0 radical (unpaired) electrons. The Morgan fingerprint density at radius 1 is 1.47 bits per heavy atom. The molecular weight excluding hydrogens is 254 g/mol. The second kappa shape index (κ2) is 4.78. The third kappa shape index (κ3) is 3.33. The maximum atomic E-state index is 10.1. The zero-order chi connectivity index (χ0) is 11.5. The predicted octanol–water partition coefficient (Wildman–Crippen LogP) is 2.90. The Hall–Kier alpha value is -0.850. The van der Waals surface area contributed by atoms with Crippen LogP contribution in [-0.2, 0) is 6.42 Å². The van der Waals surface area contributed by atoms with Gasteiger partial charge in [-0.3, -0.25) is 0 Å². The van der Waals surface area contributed by atoms with Crippen LogP contribution in [0.25, 0.3) is 0 Å². The minimum atomic E-state index is -0.970. The first kappa shape index (κ1) is 12.2. The lowest BCUT2D eigenvalue weighted by Crippen LogP contribution is -2.34. The van der Waals surface area contributed by atoms with Gasteiger partial charge in [0, 0.05) is 10.9 Å². The minimum absolute atomic E-state index is 0.374. The lowest BCUT2D eigenvalue weighted by atomic mass is 9.86. The molecule has 0 saturated carbocycles. The summed E-state index contributed by atoms with van der Waals surface area (Å²) >= 11 is 3.35. The summed E-state index contributed by atoms with van der Waals surface area (Å²) in [5, 5.41) is 18.8. The summed E-state index contributed by atoms with van der Waals surface area (Å²) in [6.45, 7) is 3.43. The number of halogens is 1. The van der Waals surface area contributed by atoms with Gasteiger partial charge in [0.1, 0.15) is 0 Å². The van der Waals surface area contributed by atoms with Crippen molar-refractivity contribution in [3.63, 3.8) is 0 Å². The lowest BCUT2D eigenvalue weighted by Gasteiger charge is -2.25. The van der Waals surface area contributed by atoms with Gasteiger partial charge in [0.15, 0.2) is 0 Å². The maximum Gasteiger partial charge on any atom is 0.0814 e. The fourth-order valence-corrected chi connectivity index (χ4v) is 1.57. The number of nitrogens with zero attached hydrogens (tertiary/aromatic N) is 1. The number of hydrogen-bond donors (Lipinski definition) is 1. The van der Waals surface area contributed by atoms with E-state index < -0.39 is 5.60 Å². The molecule has 0 aliphatic carbocycles. The Morgan fingerprint density at radius 2 is 2.00 bits per heavy atom. The molecular formula is C12H14BrNO. The van der Waals surface area contributed by atoms with Crippen molar-refractivity contribution in [2.24, 2.45) is 5.92 Å². The molecule has 0 amide bonds. The molecule has 15 heavy (non-hydrogen) atoms. The number of hydrogen-bond acceptors (Lipinski definition) is 2. The smallest absolute Gasteiger partial charge is 0.0814 e. The van der Waals surface area contributed by atoms with E-state index in [1.54, 1.807) is 13.8 Å². The maximum absolute atomic E-state index is 10.1. The second-order valence-corrected chi connectivity index (χ2v) is 4.93. The summed E-state index contributed by atoms with van der Waals surface area (Å²) in [5.74, 6) is -0.374. The van der Waals surface area contributed by atoms with E-state index in [0.717, 1.165) is 10.0 Å². The summed E-state index contributed by atoms with van der Waals surface area (Å²) in [6, 6.07) is 9.84. The second-order valence-electron chi connectivity index (χ2n) is 4.01. The van der Waals surface area contributed by atoms with Crippen LogP contribution >= 0.6 is 15.9 Å². The zero-order valence-electron chi connectivity index (χ0n) is 8.87. The van der Waals surface area contributed by atoms with Crippen LogP contribution in [0, 0.1) is 17.2 Å². The molecule has 1 rings (SSSR count). The molecule has 1 aromatic rings. The fraction of sp³-hybridized carbons (Fsp3) is 0.417. The Kier molecular flexibility index (Phi) is 3.90. The molecule has 1 aromatic carbocycles. The first-order valence-electron chi connectivity index (χ1n) is 4.82. The van der Waals surface area contributed by atoms with Crippen molar-refractivity contribution in [1.82, 2.24) is 0 Å². The molecule has 2 nitrogen and oxygen atoms in total. The van der Waals surface area contributed by atoms with Gasteiger partial charge >= 0.3 is 0 Å². The van der Waals surface area contributed by atoms with Gasteiger partial charge in [0.25, 0.3) is 0 Å². The first-order chi connectivity index (χ1) is 6.95. The molecule has 80 valence electrons. The van der Waals surface area contributed by atoms with Crippen molar-refractivity contribution in [3.05, 3.63) is 34.3 Å². The van der Waals surface area contributed by atoms with E-state index in [1.807, 2.05) is 24.3 Å². The fourth-order valence-electron chi connectivity index (χ4n) is 1.31. The van der Waals surface area contributed by atoms with E-state index in [2.05, 4.69) is 22.0 Å². The molecule has 0 aliphatic rings. The van der Waals surface area contributed by atoms with E-state index in [0.29, 0.717) is 6.42 Å². The lowest BCUT2D eigenvalue weighted by molar-refractivity contribution is 0.0277. The average molecular weight is 268 g/mol. The summed E-state index contributed by atoms with van der Waals surface area (Å²) in [5.41, 5.74) is 0.0630. The van der Waals surface area contributed by atoms with Crippen LogP contribution in [0.2, 0.25) is 0 Å². The molecule has 3 heteroatoms. The summed E-state index contributed by atoms with van der Waals surface area (Å²) in [4.78, 5) is 0. The summed E-state index contributed by atoms with van der Waals surface area (Å²) in [6.07, 6.45) is 0.495. The van der Waals surface area contributed by atoms with Gasteiger partial charge in [-0.15, -0.1) is 0 Å². The van der Waals surface area contributed by atoms with Crippen molar-refractivity contribution in [3.8, 4) is 6.07 Å². The molecule has 0 aromatic heterocycles. The number of rotatable bonds is 3. The van der Waals surface area contributed by atoms with Crippen LogP contribution in [0.3, 0.4) is 0 Å². The predicted molar refractivity (Wildman–Crippen MR) is 63.2 cm³/mol. The Balaban J connectivity index is 2.78. The van der Waals surface area contributed by atoms with E-state index in [4.69, 9.17) is 5.26 Å². The third-order valence-corrected chi connectivity index (χ3v) is 3.13. The molecule has 2 atom stereocenters. The van der Waals surface area contributed by atoms with Crippen LogP contribution in [0.1, 0.15) is 19.4 Å². The van der Waals surface area contributed by atoms with Crippen molar-refractivity contribution >= 4 is 15.9 Å². The van der Waals surface area contributed by atoms with Gasteiger partial charge in [-0.1, -0.05) is 28.1 Å². The van der Waals surface area contributed by atoms with E-state index in [9.17, 15) is 5.11 Å². The average Bonchev–Trinajstić information content (AvgIpc) is 2.20. The van der Waals surface area contributed by atoms with Gasteiger partial charge in [-0.25, -0.2) is 0 Å². The van der Waals surface area contributed by atoms with Crippen molar-refractivity contribution < 1.29 is 5.11 Å². The molecule has 0 spiro atoms. The number of aliphatic hydroxyl groups is 1. The molecule has 0 bridgehead atoms. The molecule has 0 saturated heterocycles. The molecule has 2 unspecified atom stereocenters. The van der Waals surface area contributed by atoms with Crippen LogP contribution in [0.4, 0.5) is 0 Å². The molecule has 1 N–H and O–H groups in total. The zero-order valence-corrected chi connectivity index (χ0v) is 10.5. The van der Waals surface area contributed by atoms with Gasteiger partial charge < -0.3 is 5.11 Å². The topological polar surface area (TPSA) is 44.0 Å². The van der Waals surface area contributed by atoms with Crippen molar-refractivity contribution in [2.45, 2.75) is 25.9 Å². The highest BCUT2D eigenvalue weighted by Gasteiger charge is 2.28. The summed E-state index contributed by atoms with van der Waals surface area (Å²) in [7, 11) is 0. The van der Waals surface area contributed by atoms with Gasteiger partial charge in [-0.2, -0.15) is 5.26 Å². The molecule has 0 heterocycles. The van der Waals surface area contributed by atoms with Crippen LogP contribution < -0.4 is 0 Å².